The van der Waals surface area contributed by atoms with E-state index in [4.69, 9.17) is 11.6 Å². The van der Waals surface area contributed by atoms with Gasteiger partial charge in [0.15, 0.2) is 11.0 Å². The van der Waals surface area contributed by atoms with E-state index in [1.165, 1.54) is 11.8 Å². The Morgan fingerprint density at radius 2 is 1.70 bits per heavy atom. The Morgan fingerprint density at radius 1 is 1.00 bits per heavy atom. The number of hydrogen-bond acceptors (Lipinski definition) is 5. The number of hydrogen-bond donors (Lipinski definition) is 1. The Bertz CT molecular complexity index is 1250. The molecule has 1 N–H and O–H groups in total. The quantitative estimate of drug-likeness (QED) is 0.344. The van der Waals surface area contributed by atoms with E-state index >= 15 is 0 Å². The van der Waals surface area contributed by atoms with Crippen molar-refractivity contribution < 1.29 is 4.79 Å². The van der Waals surface area contributed by atoms with Crippen molar-refractivity contribution in [3.63, 3.8) is 0 Å². The number of para-hydroxylation sites is 1. The number of benzene rings is 2. The highest BCUT2D eigenvalue weighted by Crippen LogP contribution is 2.31. The van der Waals surface area contributed by atoms with Crippen molar-refractivity contribution in [2.45, 2.75) is 31.3 Å². The maximum absolute atomic E-state index is 12.8. The predicted molar refractivity (Wildman–Crippen MR) is 134 cm³/mol. The summed E-state index contributed by atoms with van der Waals surface area (Å²) in [5.74, 6) is 0.758. The number of amides is 1. The molecule has 0 bridgehead atoms. The molecule has 4 aromatic rings. The first-order valence-corrected chi connectivity index (χ1v) is 11.8. The highest BCUT2D eigenvalue weighted by atomic mass is 35.5. The van der Waals surface area contributed by atoms with E-state index in [2.05, 4.69) is 41.3 Å². The molecule has 1 amide bonds. The van der Waals surface area contributed by atoms with Crippen LogP contribution < -0.4 is 5.32 Å². The number of nitrogens with zero attached hydrogens (tertiary/aromatic N) is 4. The normalized spacial score (nSPS) is 11.4. The standard InChI is InChI=1S/C25H24ClN5OS/c1-25(2,3)20-6-4-5-7-21(20)28-22(32)16-33-24-30-29-23(17-12-14-27-15-13-17)31(24)19-10-8-18(26)9-11-19/h4-15H,16H2,1-3H3,(H,28,32). The van der Waals surface area contributed by atoms with Gasteiger partial charge in [-0.25, -0.2) is 0 Å². The van der Waals surface area contributed by atoms with E-state index in [-0.39, 0.29) is 17.1 Å². The highest BCUT2D eigenvalue weighted by molar-refractivity contribution is 7.99. The summed E-state index contributed by atoms with van der Waals surface area (Å²) in [6.45, 7) is 6.38. The first-order chi connectivity index (χ1) is 15.8. The van der Waals surface area contributed by atoms with Gasteiger partial charge in [-0.15, -0.1) is 10.2 Å². The van der Waals surface area contributed by atoms with Gasteiger partial charge in [-0.2, -0.15) is 0 Å². The molecule has 0 radical (unpaired) electrons. The molecule has 0 fully saturated rings. The van der Waals surface area contributed by atoms with Gasteiger partial charge >= 0.3 is 0 Å². The van der Waals surface area contributed by atoms with Crippen LogP contribution >= 0.6 is 23.4 Å². The molecular formula is C25H24ClN5OS. The minimum absolute atomic E-state index is 0.0782. The summed E-state index contributed by atoms with van der Waals surface area (Å²) in [6.07, 6.45) is 3.42. The number of thioether (sulfide) groups is 1. The SMILES string of the molecule is CC(C)(C)c1ccccc1NC(=O)CSc1nnc(-c2ccncc2)n1-c1ccc(Cl)cc1. The Kier molecular flexibility index (Phi) is 6.81. The monoisotopic (exact) mass is 477 g/mol. The van der Waals surface area contributed by atoms with E-state index in [9.17, 15) is 4.79 Å². The number of halogens is 1. The van der Waals surface area contributed by atoms with Crippen LogP contribution in [-0.4, -0.2) is 31.4 Å². The Labute approximate surface area is 202 Å². The molecule has 6 nitrogen and oxygen atoms in total. The number of anilines is 1. The average molecular weight is 478 g/mol. The molecule has 33 heavy (non-hydrogen) atoms. The Hall–Kier alpha value is -3.16. The minimum Gasteiger partial charge on any atom is -0.325 e. The van der Waals surface area contributed by atoms with E-state index in [1.54, 1.807) is 12.4 Å². The van der Waals surface area contributed by atoms with Crippen molar-refractivity contribution in [1.82, 2.24) is 19.7 Å². The van der Waals surface area contributed by atoms with Crippen LogP contribution in [0.3, 0.4) is 0 Å². The molecule has 168 valence electrons. The Morgan fingerprint density at radius 3 is 2.39 bits per heavy atom. The summed E-state index contributed by atoms with van der Waals surface area (Å²) in [6, 6.07) is 19.1. The highest BCUT2D eigenvalue weighted by Gasteiger charge is 2.20. The lowest BCUT2D eigenvalue weighted by Crippen LogP contribution is -2.20. The van der Waals surface area contributed by atoms with Gasteiger partial charge in [0.05, 0.1) is 5.75 Å². The lowest BCUT2D eigenvalue weighted by molar-refractivity contribution is -0.113. The molecule has 0 spiro atoms. The second-order valence-corrected chi connectivity index (χ2v) is 9.87. The third kappa shape index (κ3) is 5.43. The van der Waals surface area contributed by atoms with Gasteiger partial charge in [0.25, 0.3) is 0 Å². The third-order valence-corrected chi connectivity index (χ3v) is 6.18. The molecule has 0 saturated carbocycles. The molecule has 0 unspecified atom stereocenters. The van der Waals surface area contributed by atoms with Gasteiger partial charge in [0.2, 0.25) is 5.91 Å². The van der Waals surface area contributed by atoms with Crippen molar-refractivity contribution in [3.8, 4) is 17.1 Å². The smallest absolute Gasteiger partial charge is 0.234 e. The van der Waals surface area contributed by atoms with Gasteiger partial charge in [0.1, 0.15) is 0 Å². The van der Waals surface area contributed by atoms with Crippen LogP contribution in [0, 0.1) is 0 Å². The summed E-state index contributed by atoms with van der Waals surface area (Å²) < 4.78 is 1.92. The van der Waals surface area contributed by atoms with Crippen LogP contribution in [0.4, 0.5) is 5.69 Å². The van der Waals surface area contributed by atoms with Crippen molar-refractivity contribution >= 4 is 35.0 Å². The summed E-state index contributed by atoms with van der Waals surface area (Å²) in [5, 5.41) is 13.1. The van der Waals surface area contributed by atoms with Crippen molar-refractivity contribution in [2.75, 3.05) is 11.1 Å². The summed E-state index contributed by atoms with van der Waals surface area (Å²) in [7, 11) is 0. The largest absolute Gasteiger partial charge is 0.325 e. The number of nitrogens with one attached hydrogen (secondary N) is 1. The molecule has 0 atom stereocenters. The zero-order valence-corrected chi connectivity index (χ0v) is 20.2. The first kappa shape index (κ1) is 23.0. The molecule has 0 saturated heterocycles. The number of carbonyl (C=O) groups excluding carboxylic acids is 1. The number of rotatable bonds is 6. The topological polar surface area (TPSA) is 72.7 Å². The summed E-state index contributed by atoms with van der Waals surface area (Å²) in [5.41, 5.74) is 3.57. The fourth-order valence-electron chi connectivity index (χ4n) is 3.44. The second-order valence-electron chi connectivity index (χ2n) is 8.49. The first-order valence-electron chi connectivity index (χ1n) is 10.5. The van der Waals surface area contributed by atoms with Gasteiger partial charge in [-0.1, -0.05) is 62.3 Å². The zero-order chi connectivity index (χ0) is 23.4. The number of carbonyl (C=O) groups is 1. The fraction of sp³-hybridized carbons (Fsp3) is 0.200. The van der Waals surface area contributed by atoms with Crippen LogP contribution in [0.25, 0.3) is 17.1 Å². The van der Waals surface area contributed by atoms with Crippen LogP contribution in [0.1, 0.15) is 26.3 Å². The fourth-order valence-corrected chi connectivity index (χ4v) is 4.31. The minimum atomic E-state index is -0.104. The number of aromatic nitrogens is 4. The van der Waals surface area contributed by atoms with Crippen LogP contribution in [0.5, 0.6) is 0 Å². The van der Waals surface area contributed by atoms with E-state index in [1.807, 2.05) is 65.2 Å². The molecule has 8 heteroatoms. The van der Waals surface area contributed by atoms with Crippen LogP contribution in [0.15, 0.2) is 78.2 Å². The lowest BCUT2D eigenvalue weighted by atomic mass is 9.86. The summed E-state index contributed by atoms with van der Waals surface area (Å²) >= 11 is 7.42. The maximum Gasteiger partial charge on any atom is 0.234 e. The zero-order valence-electron chi connectivity index (χ0n) is 18.6. The average Bonchev–Trinajstić information content (AvgIpc) is 3.22. The molecule has 2 heterocycles. The molecule has 4 rings (SSSR count). The lowest BCUT2D eigenvalue weighted by Gasteiger charge is -2.23. The molecule has 2 aromatic carbocycles. The van der Waals surface area contributed by atoms with Crippen LogP contribution in [-0.2, 0) is 10.2 Å². The second kappa shape index (κ2) is 9.77. The van der Waals surface area contributed by atoms with Gasteiger partial charge in [-0.3, -0.25) is 14.3 Å². The van der Waals surface area contributed by atoms with Crippen molar-refractivity contribution in [1.29, 1.82) is 0 Å². The predicted octanol–water partition coefficient (Wildman–Crippen LogP) is 6.01. The van der Waals surface area contributed by atoms with Gasteiger partial charge in [0, 0.05) is 34.4 Å². The molecule has 0 aliphatic heterocycles. The van der Waals surface area contributed by atoms with Crippen LogP contribution in [0.2, 0.25) is 5.02 Å². The molecule has 0 aliphatic carbocycles. The van der Waals surface area contributed by atoms with E-state index in [0.29, 0.717) is 16.0 Å². The molecular weight excluding hydrogens is 454 g/mol. The third-order valence-electron chi connectivity index (χ3n) is 5.00. The molecule has 0 aliphatic rings. The summed E-state index contributed by atoms with van der Waals surface area (Å²) in [4.78, 5) is 16.9. The van der Waals surface area contributed by atoms with E-state index in [0.717, 1.165) is 22.5 Å². The maximum atomic E-state index is 12.8. The number of pyridine rings is 1. The van der Waals surface area contributed by atoms with Gasteiger partial charge < -0.3 is 5.32 Å². The van der Waals surface area contributed by atoms with Gasteiger partial charge in [-0.05, 0) is 53.4 Å². The Balaban J connectivity index is 1.58. The van der Waals surface area contributed by atoms with E-state index < -0.39 is 0 Å². The van der Waals surface area contributed by atoms with Crippen molar-refractivity contribution in [3.05, 3.63) is 83.6 Å². The van der Waals surface area contributed by atoms with Crippen molar-refractivity contribution in [2.24, 2.45) is 0 Å². The molecule has 2 aromatic heterocycles.